The Morgan fingerprint density at radius 3 is 2.55 bits per heavy atom. The number of rotatable bonds is 5. The number of aliphatic hydroxyl groups excluding tert-OH is 1. The molecule has 2 amide bonds. The predicted octanol–water partition coefficient (Wildman–Crippen LogP) is 1.38. The molecule has 0 spiro atoms. The van der Waals surface area contributed by atoms with E-state index in [9.17, 15) is 9.59 Å². The van der Waals surface area contributed by atoms with Gasteiger partial charge in [-0.1, -0.05) is 24.6 Å². The van der Waals surface area contributed by atoms with Crippen molar-refractivity contribution in [2.24, 2.45) is 5.92 Å². The van der Waals surface area contributed by atoms with Crippen LogP contribution in [0.3, 0.4) is 0 Å². The number of benzene rings is 1. The summed E-state index contributed by atoms with van der Waals surface area (Å²) in [5.41, 5.74) is 2.65. The van der Waals surface area contributed by atoms with Crippen molar-refractivity contribution >= 4 is 17.5 Å². The van der Waals surface area contributed by atoms with Gasteiger partial charge in [-0.25, -0.2) is 0 Å². The van der Waals surface area contributed by atoms with Crippen LogP contribution in [0.2, 0.25) is 0 Å². The van der Waals surface area contributed by atoms with Crippen molar-refractivity contribution < 1.29 is 14.7 Å². The predicted molar refractivity (Wildman–Crippen MR) is 78.4 cm³/mol. The first-order valence-electron chi connectivity index (χ1n) is 6.71. The van der Waals surface area contributed by atoms with Gasteiger partial charge in [0.25, 0.3) is 0 Å². The minimum atomic E-state index is -0.673. The van der Waals surface area contributed by atoms with Gasteiger partial charge in [0.2, 0.25) is 0 Å². The number of carbonyl (C=O) groups is 2. The third-order valence-electron chi connectivity index (χ3n) is 3.07. The van der Waals surface area contributed by atoms with E-state index in [1.54, 1.807) is 6.07 Å². The molecule has 5 nitrogen and oxygen atoms in total. The quantitative estimate of drug-likeness (QED) is 0.712. The van der Waals surface area contributed by atoms with Crippen molar-refractivity contribution in [3.8, 4) is 0 Å². The zero-order chi connectivity index (χ0) is 15.1. The Morgan fingerprint density at radius 1 is 1.25 bits per heavy atom. The fraction of sp³-hybridized carbons (Fsp3) is 0.467. The lowest BCUT2D eigenvalue weighted by molar-refractivity contribution is -0.136. The van der Waals surface area contributed by atoms with Gasteiger partial charge in [-0.2, -0.15) is 0 Å². The molecule has 1 unspecified atom stereocenters. The molecule has 0 fully saturated rings. The van der Waals surface area contributed by atoms with Crippen LogP contribution in [0.5, 0.6) is 0 Å². The van der Waals surface area contributed by atoms with Crippen LogP contribution in [0.1, 0.15) is 24.5 Å². The molecule has 0 aliphatic rings. The summed E-state index contributed by atoms with van der Waals surface area (Å²) in [5.74, 6) is -1.19. The van der Waals surface area contributed by atoms with Crippen LogP contribution in [0.25, 0.3) is 0 Å². The van der Waals surface area contributed by atoms with E-state index in [4.69, 9.17) is 5.11 Å². The molecule has 0 aromatic heterocycles. The van der Waals surface area contributed by atoms with E-state index in [0.29, 0.717) is 18.7 Å². The normalized spacial score (nSPS) is 11.8. The number of hydrogen-bond donors (Lipinski definition) is 3. The van der Waals surface area contributed by atoms with Crippen LogP contribution in [0.15, 0.2) is 18.2 Å². The molecule has 0 aliphatic heterocycles. The number of hydrogen-bond acceptors (Lipinski definition) is 3. The second-order valence-corrected chi connectivity index (χ2v) is 5.10. The summed E-state index contributed by atoms with van der Waals surface area (Å²) in [4.78, 5) is 23.4. The summed E-state index contributed by atoms with van der Waals surface area (Å²) >= 11 is 0. The van der Waals surface area contributed by atoms with Crippen molar-refractivity contribution in [1.29, 1.82) is 0 Å². The first-order valence-corrected chi connectivity index (χ1v) is 6.71. The van der Waals surface area contributed by atoms with E-state index in [1.807, 2.05) is 32.9 Å². The monoisotopic (exact) mass is 278 g/mol. The second kappa shape index (κ2) is 7.65. The summed E-state index contributed by atoms with van der Waals surface area (Å²) < 4.78 is 0. The van der Waals surface area contributed by atoms with Crippen molar-refractivity contribution in [3.63, 3.8) is 0 Å². The topological polar surface area (TPSA) is 78.4 Å². The minimum absolute atomic E-state index is 0.0752. The Labute approximate surface area is 119 Å². The zero-order valence-electron chi connectivity index (χ0n) is 12.2. The number of aliphatic hydroxyl groups is 1. The van der Waals surface area contributed by atoms with Gasteiger partial charge < -0.3 is 15.7 Å². The molecule has 0 aliphatic carbocycles. The molecular formula is C15H22N2O3. The Morgan fingerprint density at radius 2 is 1.95 bits per heavy atom. The Balaban J connectivity index is 2.51. The SMILES string of the molecule is Cc1ccc(NC(=O)C(=O)NCC(C)CCO)c(C)c1. The molecule has 20 heavy (non-hydrogen) atoms. The van der Waals surface area contributed by atoms with E-state index in [0.717, 1.165) is 11.1 Å². The summed E-state index contributed by atoms with van der Waals surface area (Å²) in [7, 11) is 0. The smallest absolute Gasteiger partial charge is 0.313 e. The van der Waals surface area contributed by atoms with E-state index in [1.165, 1.54) is 0 Å². The van der Waals surface area contributed by atoms with Gasteiger partial charge in [0, 0.05) is 18.8 Å². The Bertz CT molecular complexity index is 486. The molecule has 1 aromatic rings. The van der Waals surface area contributed by atoms with Crippen LogP contribution in [0.4, 0.5) is 5.69 Å². The maximum absolute atomic E-state index is 11.7. The standard InChI is InChI=1S/C15H22N2O3/c1-10-4-5-13(12(3)8-10)17-15(20)14(19)16-9-11(2)6-7-18/h4-5,8,11,18H,6-7,9H2,1-3H3,(H,16,19)(H,17,20). The summed E-state index contributed by atoms with van der Waals surface area (Å²) in [6, 6.07) is 5.60. The van der Waals surface area contributed by atoms with Crippen LogP contribution < -0.4 is 10.6 Å². The number of aryl methyl sites for hydroxylation is 2. The number of carbonyl (C=O) groups excluding carboxylic acids is 2. The molecular weight excluding hydrogens is 256 g/mol. The number of amides is 2. The van der Waals surface area contributed by atoms with Gasteiger partial charge in [-0.15, -0.1) is 0 Å². The maximum atomic E-state index is 11.7. The lowest BCUT2D eigenvalue weighted by Crippen LogP contribution is -2.37. The van der Waals surface area contributed by atoms with Crippen LogP contribution in [0, 0.1) is 19.8 Å². The van der Waals surface area contributed by atoms with Crippen molar-refractivity contribution in [2.45, 2.75) is 27.2 Å². The summed E-state index contributed by atoms with van der Waals surface area (Å²) in [5, 5.41) is 13.9. The molecule has 0 bridgehead atoms. The van der Waals surface area contributed by atoms with Gasteiger partial charge in [0.05, 0.1) is 0 Å². The van der Waals surface area contributed by atoms with Crippen LogP contribution >= 0.6 is 0 Å². The Hall–Kier alpha value is -1.88. The minimum Gasteiger partial charge on any atom is -0.396 e. The molecule has 0 saturated heterocycles. The van der Waals surface area contributed by atoms with E-state index < -0.39 is 11.8 Å². The van der Waals surface area contributed by atoms with Crippen molar-refractivity contribution in [3.05, 3.63) is 29.3 Å². The van der Waals surface area contributed by atoms with E-state index in [-0.39, 0.29) is 12.5 Å². The first-order chi connectivity index (χ1) is 9.43. The van der Waals surface area contributed by atoms with Crippen molar-refractivity contribution in [1.82, 2.24) is 5.32 Å². The molecule has 0 heterocycles. The fourth-order valence-electron chi connectivity index (χ4n) is 1.80. The van der Waals surface area contributed by atoms with E-state index >= 15 is 0 Å². The first kappa shape index (κ1) is 16.2. The van der Waals surface area contributed by atoms with Gasteiger partial charge in [0.15, 0.2) is 0 Å². The molecule has 0 saturated carbocycles. The molecule has 3 N–H and O–H groups in total. The Kier molecular flexibility index (Phi) is 6.18. The highest BCUT2D eigenvalue weighted by Crippen LogP contribution is 2.15. The highest BCUT2D eigenvalue weighted by molar-refractivity contribution is 6.39. The highest BCUT2D eigenvalue weighted by atomic mass is 16.3. The van der Waals surface area contributed by atoms with Gasteiger partial charge in [0.1, 0.15) is 0 Å². The number of nitrogens with one attached hydrogen (secondary N) is 2. The molecule has 5 heteroatoms. The van der Waals surface area contributed by atoms with Crippen LogP contribution in [-0.2, 0) is 9.59 Å². The highest BCUT2D eigenvalue weighted by Gasteiger charge is 2.15. The lowest BCUT2D eigenvalue weighted by Gasteiger charge is -2.12. The average Bonchev–Trinajstić information content (AvgIpc) is 2.39. The van der Waals surface area contributed by atoms with Gasteiger partial charge in [-0.05, 0) is 37.8 Å². The third-order valence-corrected chi connectivity index (χ3v) is 3.07. The van der Waals surface area contributed by atoms with Crippen LogP contribution in [-0.4, -0.2) is 30.1 Å². The van der Waals surface area contributed by atoms with E-state index in [2.05, 4.69) is 10.6 Å². The summed E-state index contributed by atoms with van der Waals surface area (Å²) in [6.07, 6.45) is 0.596. The maximum Gasteiger partial charge on any atom is 0.313 e. The zero-order valence-corrected chi connectivity index (χ0v) is 12.2. The molecule has 110 valence electrons. The van der Waals surface area contributed by atoms with Gasteiger partial charge in [-0.3, -0.25) is 9.59 Å². The average molecular weight is 278 g/mol. The molecule has 1 atom stereocenters. The second-order valence-electron chi connectivity index (χ2n) is 5.10. The lowest BCUT2D eigenvalue weighted by atomic mass is 10.1. The molecule has 1 aromatic carbocycles. The molecule has 0 radical (unpaired) electrons. The third kappa shape index (κ3) is 5.01. The number of anilines is 1. The summed E-state index contributed by atoms with van der Waals surface area (Å²) in [6.45, 7) is 6.20. The fourth-order valence-corrected chi connectivity index (χ4v) is 1.80. The van der Waals surface area contributed by atoms with Gasteiger partial charge >= 0.3 is 11.8 Å². The largest absolute Gasteiger partial charge is 0.396 e. The van der Waals surface area contributed by atoms with Crippen molar-refractivity contribution in [2.75, 3.05) is 18.5 Å². The molecule has 1 rings (SSSR count).